The molecular formula is C14H18N2. The van der Waals surface area contributed by atoms with E-state index < -0.39 is 0 Å². The SMILES string of the molecule is CC(C)C(C)n1ccc(-c2ccccc2)n1. The van der Waals surface area contributed by atoms with E-state index in [9.17, 15) is 0 Å². The Morgan fingerprint density at radius 1 is 1.00 bits per heavy atom. The minimum Gasteiger partial charge on any atom is -0.269 e. The first-order valence-electron chi connectivity index (χ1n) is 5.79. The van der Waals surface area contributed by atoms with E-state index in [0.29, 0.717) is 12.0 Å². The quantitative estimate of drug-likeness (QED) is 0.760. The highest BCUT2D eigenvalue weighted by atomic mass is 15.3. The van der Waals surface area contributed by atoms with E-state index >= 15 is 0 Å². The van der Waals surface area contributed by atoms with Crippen molar-refractivity contribution in [3.8, 4) is 11.3 Å². The van der Waals surface area contributed by atoms with Gasteiger partial charge in [-0.05, 0) is 18.9 Å². The molecule has 0 amide bonds. The molecule has 0 spiro atoms. The summed E-state index contributed by atoms with van der Waals surface area (Å²) in [5, 5.41) is 4.62. The molecule has 2 heteroatoms. The molecule has 16 heavy (non-hydrogen) atoms. The second kappa shape index (κ2) is 4.52. The maximum absolute atomic E-state index is 4.62. The van der Waals surface area contributed by atoms with Crippen molar-refractivity contribution in [1.29, 1.82) is 0 Å². The van der Waals surface area contributed by atoms with E-state index in [4.69, 9.17) is 0 Å². The molecule has 1 aromatic heterocycles. The van der Waals surface area contributed by atoms with Crippen molar-refractivity contribution in [2.45, 2.75) is 26.8 Å². The van der Waals surface area contributed by atoms with Gasteiger partial charge in [0.1, 0.15) is 0 Å². The van der Waals surface area contributed by atoms with Crippen LogP contribution in [0.1, 0.15) is 26.8 Å². The second-order valence-electron chi connectivity index (χ2n) is 4.53. The van der Waals surface area contributed by atoms with Crippen LogP contribution < -0.4 is 0 Å². The topological polar surface area (TPSA) is 17.8 Å². The van der Waals surface area contributed by atoms with E-state index in [1.807, 2.05) is 22.9 Å². The standard InChI is InChI=1S/C14H18N2/c1-11(2)12(3)16-10-9-14(15-16)13-7-5-4-6-8-13/h4-12H,1-3H3. The maximum atomic E-state index is 4.62. The van der Waals surface area contributed by atoms with Crippen LogP contribution in [-0.4, -0.2) is 9.78 Å². The van der Waals surface area contributed by atoms with Gasteiger partial charge in [-0.3, -0.25) is 4.68 Å². The molecule has 0 bridgehead atoms. The van der Waals surface area contributed by atoms with E-state index in [1.54, 1.807) is 0 Å². The van der Waals surface area contributed by atoms with Crippen molar-refractivity contribution in [3.63, 3.8) is 0 Å². The predicted octanol–water partition coefficient (Wildman–Crippen LogP) is 3.77. The summed E-state index contributed by atoms with van der Waals surface area (Å²) in [6.07, 6.45) is 2.06. The van der Waals surface area contributed by atoms with E-state index in [2.05, 4.69) is 50.3 Å². The third-order valence-corrected chi connectivity index (χ3v) is 3.06. The van der Waals surface area contributed by atoms with Gasteiger partial charge in [-0.15, -0.1) is 0 Å². The van der Waals surface area contributed by atoms with Gasteiger partial charge in [0.05, 0.1) is 11.7 Å². The van der Waals surface area contributed by atoms with Crippen LogP contribution in [0.25, 0.3) is 11.3 Å². The Bertz CT molecular complexity index is 443. The van der Waals surface area contributed by atoms with Gasteiger partial charge >= 0.3 is 0 Å². The lowest BCUT2D eigenvalue weighted by Crippen LogP contribution is -2.11. The molecule has 0 fully saturated rings. The first-order chi connectivity index (χ1) is 7.68. The molecule has 2 rings (SSSR count). The highest BCUT2D eigenvalue weighted by Gasteiger charge is 2.10. The zero-order chi connectivity index (χ0) is 11.5. The number of hydrogen-bond donors (Lipinski definition) is 0. The van der Waals surface area contributed by atoms with Gasteiger partial charge in [0.15, 0.2) is 0 Å². The monoisotopic (exact) mass is 214 g/mol. The summed E-state index contributed by atoms with van der Waals surface area (Å²) in [5.41, 5.74) is 2.23. The first-order valence-corrected chi connectivity index (χ1v) is 5.79. The lowest BCUT2D eigenvalue weighted by atomic mass is 10.1. The fourth-order valence-corrected chi connectivity index (χ4v) is 1.63. The summed E-state index contributed by atoms with van der Waals surface area (Å²) in [5.74, 6) is 0.600. The van der Waals surface area contributed by atoms with Crippen molar-refractivity contribution < 1.29 is 0 Å². The predicted molar refractivity (Wildman–Crippen MR) is 67.2 cm³/mol. The lowest BCUT2D eigenvalue weighted by Gasteiger charge is -2.15. The third kappa shape index (κ3) is 2.16. The number of aromatic nitrogens is 2. The zero-order valence-electron chi connectivity index (χ0n) is 10.1. The van der Waals surface area contributed by atoms with Gasteiger partial charge in [-0.25, -0.2) is 0 Å². The largest absolute Gasteiger partial charge is 0.269 e. The fourth-order valence-electron chi connectivity index (χ4n) is 1.63. The molecule has 0 saturated carbocycles. The van der Waals surface area contributed by atoms with Crippen molar-refractivity contribution in [3.05, 3.63) is 42.6 Å². The third-order valence-electron chi connectivity index (χ3n) is 3.06. The van der Waals surface area contributed by atoms with Crippen LogP contribution in [0, 0.1) is 5.92 Å². The van der Waals surface area contributed by atoms with Gasteiger partial charge in [0, 0.05) is 11.8 Å². The van der Waals surface area contributed by atoms with Crippen LogP contribution in [0.4, 0.5) is 0 Å². The van der Waals surface area contributed by atoms with Crippen molar-refractivity contribution >= 4 is 0 Å². The molecule has 1 unspecified atom stereocenters. The van der Waals surface area contributed by atoms with Crippen molar-refractivity contribution in [1.82, 2.24) is 9.78 Å². The molecule has 0 N–H and O–H groups in total. The Morgan fingerprint density at radius 2 is 1.69 bits per heavy atom. The lowest BCUT2D eigenvalue weighted by molar-refractivity contribution is 0.376. The van der Waals surface area contributed by atoms with Gasteiger partial charge in [-0.2, -0.15) is 5.10 Å². The Balaban J connectivity index is 2.27. The highest BCUT2D eigenvalue weighted by Crippen LogP contribution is 2.20. The molecule has 2 nitrogen and oxygen atoms in total. The molecule has 0 saturated heterocycles. The smallest absolute Gasteiger partial charge is 0.0923 e. The van der Waals surface area contributed by atoms with Gasteiger partial charge in [0.2, 0.25) is 0 Å². The highest BCUT2D eigenvalue weighted by molar-refractivity contribution is 5.57. The summed E-state index contributed by atoms with van der Waals surface area (Å²) in [7, 11) is 0. The number of rotatable bonds is 3. The average molecular weight is 214 g/mol. The van der Waals surface area contributed by atoms with Crippen LogP contribution in [-0.2, 0) is 0 Å². The first kappa shape index (κ1) is 10.9. The molecule has 1 heterocycles. The van der Waals surface area contributed by atoms with Gasteiger partial charge in [-0.1, -0.05) is 44.2 Å². The molecule has 0 aliphatic heterocycles. The molecule has 0 aliphatic rings. The summed E-state index contributed by atoms with van der Waals surface area (Å²) in [4.78, 5) is 0. The summed E-state index contributed by atoms with van der Waals surface area (Å²) < 4.78 is 2.05. The average Bonchev–Trinajstić information content (AvgIpc) is 2.78. The Kier molecular flexibility index (Phi) is 3.09. The van der Waals surface area contributed by atoms with E-state index in [1.165, 1.54) is 5.56 Å². The van der Waals surface area contributed by atoms with Gasteiger partial charge in [0.25, 0.3) is 0 Å². The van der Waals surface area contributed by atoms with Crippen LogP contribution >= 0.6 is 0 Å². The molecule has 1 atom stereocenters. The van der Waals surface area contributed by atoms with Crippen LogP contribution in [0.2, 0.25) is 0 Å². The maximum Gasteiger partial charge on any atom is 0.0923 e. The van der Waals surface area contributed by atoms with Crippen molar-refractivity contribution in [2.75, 3.05) is 0 Å². The minimum absolute atomic E-state index is 0.442. The molecule has 84 valence electrons. The van der Waals surface area contributed by atoms with Crippen LogP contribution in [0.5, 0.6) is 0 Å². The fraction of sp³-hybridized carbons (Fsp3) is 0.357. The molecule has 0 aliphatic carbocycles. The second-order valence-corrected chi connectivity index (χ2v) is 4.53. The molecule has 2 aromatic rings. The van der Waals surface area contributed by atoms with E-state index in [0.717, 1.165) is 5.69 Å². The Hall–Kier alpha value is -1.57. The number of nitrogens with zero attached hydrogens (tertiary/aromatic N) is 2. The zero-order valence-corrected chi connectivity index (χ0v) is 10.1. The Labute approximate surface area is 96.9 Å². The number of benzene rings is 1. The summed E-state index contributed by atoms with van der Waals surface area (Å²) >= 11 is 0. The normalized spacial score (nSPS) is 13.0. The Morgan fingerprint density at radius 3 is 2.31 bits per heavy atom. The minimum atomic E-state index is 0.442. The van der Waals surface area contributed by atoms with Crippen LogP contribution in [0.3, 0.4) is 0 Å². The summed E-state index contributed by atoms with van der Waals surface area (Å²) in [6.45, 7) is 6.63. The summed E-state index contributed by atoms with van der Waals surface area (Å²) in [6, 6.07) is 12.8. The van der Waals surface area contributed by atoms with E-state index in [-0.39, 0.29) is 0 Å². The molecular weight excluding hydrogens is 196 g/mol. The van der Waals surface area contributed by atoms with Crippen LogP contribution in [0.15, 0.2) is 42.6 Å². The van der Waals surface area contributed by atoms with Crippen molar-refractivity contribution in [2.24, 2.45) is 5.92 Å². The molecule has 1 aromatic carbocycles. The van der Waals surface area contributed by atoms with Gasteiger partial charge < -0.3 is 0 Å². The number of hydrogen-bond acceptors (Lipinski definition) is 1. The molecule has 0 radical (unpaired) electrons.